The van der Waals surface area contributed by atoms with Crippen molar-refractivity contribution in [2.24, 2.45) is 4.99 Å². The minimum absolute atomic E-state index is 0.149. The standard InChI is InChI=1S/C17H18N2O3S2/c1-4-19-15-12(21-2)7-8-13(22-3)16(15)24-17(19)18-14(20)10-11-6-5-9-23-11/h5-9H,4,10H2,1-3H3. The number of hydrogen-bond acceptors (Lipinski definition) is 5. The number of aromatic nitrogens is 1. The zero-order chi connectivity index (χ0) is 17.1. The molecule has 0 saturated carbocycles. The summed E-state index contributed by atoms with van der Waals surface area (Å²) in [6.07, 6.45) is 0.323. The molecule has 1 aromatic carbocycles. The number of ether oxygens (including phenoxy) is 2. The monoisotopic (exact) mass is 362 g/mol. The Labute approximate surface area is 147 Å². The van der Waals surface area contributed by atoms with Crippen LogP contribution in [0.1, 0.15) is 11.8 Å². The van der Waals surface area contributed by atoms with E-state index in [0.29, 0.717) is 17.8 Å². The van der Waals surface area contributed by atoms with Gasteiger partial charge in [-0.1, -0.05) is 17.4 Å². The predicted octanol–water partition coefficient (Wildman–Crippen LogP) is 3.47. The Morgan fingerprint density at radius 3 is 2.58 bits per heavy atom. The van der Waals surface area contributed by atoms with Crippen LogP contribution in [0.3, 0.4) is 0 Å². The molecule has 3 aromatic rings. The van der Waals surface area contributed by atoms with Crippen molar-refractivity contribution in [1.82, 2.24) is 4.57 Å². The molecular weight excluding hydrogens is 344 g/mol. The number of methoxy groups -OCH3 is 2. The van der Waals surface area contributed by atoms with Crippen LogP contribution < -0.4 is 14.3 Å². The Hall–Kier alpha value is -2.12. The van der Waals surface area contributed by atoms with Gasteiger partial charge in [0.25, 0.3) is 5.91 Å². The average molecular weight is 362 g/mol. The molecule has 0 fully saturated rings. The number of amides is 1. The zero-order valence-electron chi connectivity index (χ0n) is 13.7. The van der Waals surface area contributed by atoms with Gasteiger partial charge in [0.15, 0.2) is 4.80 Å². The highest BCUT2D eigenvalue weighted by Gasteiger charge is 2.15. The molecule has 0 saturated heterocycles. The van der Waals surface area contributed by atoms with Crippen molar-refractivity contribution >= 4 is 38.8 Å². The van der Waals surface area contributed by atoms with E-state index < -0.39 is 0 Å². The van der Waals surface area contributed by atoms with E-state index in [0.717, 1.165) is 26.6 Å². The molecule has 0 aliphatic heterocycles. The van der Waals surface area contributed by atoms with E-state index >= 15 is 0 Å². The topological polar surface area (TPSA) is 52.8 Å². The highest BCUT2D eigenvalue weighted by molar-refractivity contribution is 7.16. The number of benzene rings is 1. The second-order valence-corrected chi connectivity index (χ2v) is 7.05. The van der Waals surface area contributed by atoms with Crippen LogP contribution in [-0.2, 0) is 17.8 Å². The Bertz CT molecular complexity index is 923. The summed E-state index contributed by atoms with van der Waals surface area (Å²) >= 11 is 3.01. The third-order valence-corrected chi connectivity index (χ3v) is 5.60. The summed E-state index contributed by atoms with van der Waals surface area (Å²) in [6.45, 7) is 2.71. The Morgan fingerprint density at radius 2 is 1.96 bits per heavy atom. The maximum atomic E-state index is 12.3. The second kappa shape index (κ2) is 7.19. The van der Waals surface area contributed by atoms with Gasteiger partial charge in [0.1, 0.15) is 21.7 Å². The highest BCUT2D eigenvalue weighted by atomic mass is 32.1. The lowest BCUT2D eigenvalue weighted by atomic mass is 10.3. The predicted molar refractivity (Wildman–Crippen MR) is 97.2 cm³/mol. The van der Waals surface area contributed by atoms with Crippen molar-refractivity contribution in [3.8, 4) is 11.5 Å². The van der Waals surface area contributed by atoms with Crippen molar-refractivity contribution in [3.05, 3.63) is 39.3 Å². The Kier molecular flexibility index (Phi) is 5.01. The number of thiophene rings is 1. The van der Waals surface area contributed by atoms with E-state index in [9.17, 15) is 4.79 Å². The first-order chi connectivity index (χ1) is 11.7. The average Bonchev–Trinajstić information content (AvgIpc) is 3.21. The SMILES string of the molecule is CCn1c(=NC(=O)Cc2cccs2)sc2c(OC)ccc(OC)c21. The first-order valence-corrected chi connectivity index (χ1v) is 9.21. The van der Waals surface area contributed by atoms with Gasteiger partial charge in [0.2, 0.25) is 0 Å². The van der Waals surface area contributed by atoms with Crippen LogP contribution in [0.4, 0.5) is 0 Å². The van der Waals surface area contributed by atoms with E-state index in [2.05, 4.69) is 4.99 Å². The number of rotatable bonds is 5. The van der Waals surface area contributed by atoms with Crippen LogP contribution in [0, 0.1) is 0 Å². The van der Waals surface area contributed by atoms with E-state index in [1.807, 2.05) is 41.1 Å². The molecule has 5 nitrogen and oxygen atoms in total. The number of thiazole rings is 1. The number of carbonyl (C=O) groups is 1. The fraction of sp³-hybridized carbons (Fsp3) is 0.294. The number of nitrogens with zero attached hydrogens (tertiary/aromatic N) is 2. The summed E-state index contributed by atoms with van der Waals surface area (Å²) in [5.74, 6) is 1.35. The molecule has 126 valence electrons. The molecule has 0 spiro atoms. The van der Waals surface area contributed by atoms with E-state index in [1.54, 1.807) is 25.6 Å². The third-order valence-electron chi connectivity index (χ3n) is 3.63. The van der Waals surface area contributed by atoms with Gasteiger partial charge in [-0.15, -0.1) is 11.3 Å². The fourth-order valence-electron chi connectivity index (χ4n) is 2.54. The largest absolute Gasteiger partial charge is 0.495 e. The molecule has 0 unspecified atom stereocenters. The minimum atomic E-state index is -0.149. The van der Waals surface area contributed by atoms with Crippen molar-refractivity contribution in [2.75, 3.05) is 14.2 Å². The fourth-order valence-corrected chi connectivity index (χ4v) is 4.46. The molecule has 1 amide bonds. The van der Waals surface area contributed by atoms with Crippen molar-refractivity contribution < 1.29 is 14.3 Å². The maximum absolute atomic E-state index is 12.3. The smallest absolute Gasteiger partial charge is 0.253 e. The highest BCUT2D eigenvalue weighted by Crippen LogP contribution is 2.35. The van der Waals surface area contributed by atoms with Crippen molar-refractivity contribution in [1.29, 1.82) is 0 Å². The molecule has 7 heteroatoms. The quantitative estimate of drug-likeness (QED) is 0.698. The van der Waals surface area contributed by atoms with Gasteiger partial charge in [-0.2, -0.15) is 4.99 Å². The van der Waals surface area contributed by atoms with Crippen LogP contribution in [0.25, 0.3) is 10.2 Å². The Balaban J connectivity index is 2.13. The van der Waals surface area contributed by atoms with Crippen LogP contribution in [0.2, 0.25) is 0 Å². The van der Waals surface area contributed by atoms with Gasteiger partial charge in [-0.25, -0.2) is 0 Å². The summed E-state index contributed by atoms with van der Waals surface area (Å²) in [5, 5.41) is 1.96. The number of fused-ring (bicyclic) bond motifs is 1. The molecule has 2 aromatic heterocycles. The van der Waals surface area contributed by atoms with E-state index in [1.165, 1.54) is 11.3 Å². The first kappa shape index (κ1) is 16.7. The van der Waals surface area contributed by atoms with Crippen LogP contribution >= 0.6 is 22.7 Å². The zero-order valence-corrected chi connectivity index (χ0v) is 15.4. The van der Waals surface area contributed by atoms with Crippen LogP contribution in [0.15, 0.2) is 34.6 Å². The number of carbonyl (C=O) groups excluding carboxylic acids is 1. The molecule has 0 atom stereocenters. The molecule has 0 aliphatic carbocycles. The van der Waals surface area contributed by atoms with Crippen LogP contribution in [-0.4, -0.2) is 24.7 Å². The molecule has 24 heavy (non-hydrogen) atoms. The lowest BCUT2D eigenvalue weighted by Gasteiger charge is -2.08. The minimum Gasteiger partial charge on any atom is -0.495 e. The lowest BCUT2D eigenvalue weighted by molar-refractivity contribution is -0.117. The summed E-state index contributed by atoms with van der Waals surface area (Å²) < 4.78 is 13.9. The van der Waals surface area contributed by atoms with Gasteiger partial charge in [0, 0.05) is 11.4 Å². The van der Waals surface area contributed by atoms with Gasteiger partial charge >= 0.3 is 0 Å². The van der Waals surface area contributed by atoms with Gasteiger partial charge in [-0.3, -0.25) is 4.79 Å². The van der Waals surface area contributed by atoms with Gasteiger partial charge in [0.05, 0.1) is 20.6 Å². The number of aryl methyl sites for hydroxylation is 1. The van der Waals surface area contributed by atoms with Crippen LogP contribution in [0.5, 0.6) is 11.5 Å². The molecule has 0 N–H and O–H groups in total. The summed E-state index contributed by atoms with van der Waals surface area (Å²) in [5.41, 5.74) is 0.909. The Morgan fingerprint density at radius 1 is 1.21 bits per heavy atom. The molecule has 3 rings (SSSR count). The third kappa shape index (κ3) is 3.09. The normalized spacial score (nSPS) is 11.9. The van der Waals surface area contributed by atoms with Crippen molar-refractivity contribution in [3.63, 3.8) is 0 Å². The summed E-state index contributed by atoms with van der Waals surface area (Å²) in [4.78, 5) is 18.3. The summed E-state index contributed by atoms with van der Waals surface area (Å²) in [7, 11) is 3.27. The van der Waals surface area contributed by atoms with Crippen molar-refractivity contribution in [2.45, 2.75) is 19.9 Å². The molecule has 0 bridgehead atoms. The van der Waals surface area contributed by atoms with E-state index in [-0.39, 0.29) is 5.91 Å². The van der Waals surface area contributed by atoms with Gasteiger partial charge in [-0.05, 0) is 30.5 Å². The molecule has 0 radical (unpaired) electrons. The first-order valence-electron chi connectivity index (χ1n) is 7.52. The van der Waals surface area contributed by atoms with E-state index in [4.69, 9.17) is 9.47 Å². The second-order valence-electron chi connectivity index (χ2n) is 5.04. The van der Waals surface area contributed by atoms with Gasteiger partial charge < -0.3 is 14.0 Å². The lowest BCUT2D eigenvalue weighted by Crippen LogP contribution is -2.16. The summed E-state index contributed by atoms with van der Waals surface area (Å²) in [6, 6.07) is 7.63. The molecular formula is C17H18N2O3S2. The molecule has 0 aliphatic rings. The molecule has 2 heterocycles. The maximum Gasteiger partial charge on any atom is 0.253 e. The number of hydrogen-bond donors (Lipinski definition) is 0.